The average Bonchev–Trinajstić information content (AvgIpc) is 3.45. The van der Waals surface area contributed by atoms with E-state index in [1.807, 2.05) is 25.1 Å². The van der Waals surface area contributed by atoms with E-state index in [1.54, 1.807) is 18.2 Å². The molecule has 2 aromatic carbocycles. The molecule has 0 spiro atoms. The summed E-state index contributed by atoms with van der Waals surface area (Å²) in [5, 5.41) is 5.85. The second-order valence-corrected chi connectivity index (χ2v) is 7.76. The van der Waals surface area contributed by atoms with Gasteiger partial charge in [0.1, 0.15) is 5.82 Å². The van der Waals surface area contributed by atoms with Gasteiger partial charge >= 0.3 is 0 Å². The van der Waals surface area contributed by atoms with Gasteiger partial charge in [0.05, 0.1) is 11.8 Å². The van der Waals surface area contributed by atoms with Gasteiger partial charge < -0.3 is 10.6 Å². The van der Waals surface area contributed by atoms with Gasteiger partial charge in [0, 0.05) is 12.2 Å². The smallest absolute Gasteiger partial charge is 0.228 e. The average molecular weight is 382 g/mol. The maximum atomic E-state index is 13.6. The minimum atomic E-state index is -0.299. The number of halogens is 1. The van der Waals surface area contributed by atoms with Crippen LogP contribution in [0.1, 0.15) is 42.9 Å². The number of amides is 2. The van der Waals surface area contributed by atoms with E-state index in [0.29, 0.717) is 30.9 Å². The molecule has 1 saturated carbocycles. The summed E-state index contributed by atoms with van der Waals surface area (Å²) in [5.74, 6) is -0.803. The normalized spacial score (nSPS) is 18.0. The van der Waals surface area contributed by atoms with E-state index in [4.69, 9.17) is 0 Å². The first-order valence-electron chi connectivity index (χ1n) is 9.80. The zero-order chi connectivity index (χ0) is 20.3. The summed E-state index contributed by atoms with van der Waals surface area (Å²) in [6.07, 6.45) is 0.989. The van der Waals surface area contributed by atoms with Crippen LogP contribution in [0, 0.1) is 24.6 Å². The van der Waals surface area contributed by atoms with Gasteiger partial charge in [-0.25, -0.2) is 4.39 Å². The lowest BCUT2D eigenvalue weighted by Gasteiger charge is -2.16. The number of aryl methyl sites for hydroxylation is 1. The van der Waals surface area contributed by atoms with E-state index < -0.39 is 0 Å². The standard InChI is InChI=1S/C23H27FN2O2/c1-14(2)17-9-6-7-15(3)21(17)26-23(28)19-13-18(19)22(27)25-12-11-16-8-4-5-10-20(16)24/h4-10,14,18-19H,11-13H2,1-3H3,(H,25,27)(H,26,28). The number of nitrogens with one attached hydrogen (secondary N) is 2. The SMILES string of the molecule is Cc1cccc(C(C)C)c1NC(=O)C1CC1C(=O)NCCc1ccccc1F. The lowest BCUT2D eigenvalue weighted by Crippen LogP contribution is -2.29. The first kappa shape index (κ1) is 20.1. The van der Waals surface area contributed by atoms with Crippen LogP contribution in [0.3, 0.4) is 0 Å². The van der Waals surface area contributed by atoms with Crippen LogP contribution >= 0.6 is 0 Å². The van der Waals surface area contributed by atoms with Crippen LogP contribution < -0.4 is 10.6 Å². The third-order valence-corrected chi connectivity index (χ3v) is 5.29. The van der Waals surface area contributed by atoms with Crippen LogP contribution in [0.4, 0.5) is 10.1 Å². The molecule has 2 N–H and O–H groups in total. The van der Waals surface area contributed by atoms with Crippen molar-refractivity contribution < 1.29 is 14.0 Å². The molecule has 0 heterocycles. The van der Waals surface area contributed by atoms with Gasteiger partial charge in [-0.1, -0.05) is 50.2 Å². The van der Waals surface area contributed by atoms with Crippen molar-refractivity contribution in [3.05, 3.63) is 65.0 Å². The van der Waals surface area contributed by atoms with Crippen LogP contribution in [-0.2, 0) is 16.0 Å². The molecule has 5 heteroatoms. The van der Waals surface area contributed by atoms with E-state index >= 15 is 0 Å². The molecular formula is C23H27FN2O2. The quantitative estimate of drug-likeness (QED) is 0.754. The van der Waals surface area contributed by atoms with Crippen molar-refractivity contribution in [2.75, 3.05) is 11.9 Å². The summed E-state index contributed by atoms with van der Waals surface area (Å²) in [4.78, 5) is 24.9. The second-order valence-electron chi connectivity index (χ2n) is 7.76. The number of carbonyl (C=O) groups excluding carboxylic acids is 2. The molecule has 28 heavy (non-hydrogen) atoms. The van der Waals surface area contributed by atoms with Crippen LogP contribution in [-0.4, -0.2) is 18.4 Å². The van der Waals surface area contributed by atoms with Gasteiger partial charge in [-0.15, -0.1) is 0 Å². The fraction of sp³-hybridized carbons (Fsp3) is 0.391. The minimum Gasteiger partial charge on any atom is -0.356 e. The monoisotopic (exact) mass is 382 g/mol. The Labute approximate surface area is 165 Å². The highest BCUT2D eigenvalue weighted by Gasteiger charge is 2.48. The van der Waals surface area contributed by atoms with Crippen LogP contribution in [0.25, 0.3) is 0 Å². The Morgan fingerprint density at radius 2 is 1.79 bits per heavy atom. The van der Waals surface area contributed by atoms with Crippen molar-refractivity contribution in [1.29, 1.82) is 0 Å². The Morgan fingerprint density at radius 1 is 1.07 bits per heavy atom. The number of hydrogen-bond acceptors (Lipinski definition) is 2. The lowest BCUT2D eigenvalue weighted by atomic mass is 9.98. The van der Waals surface area contributed by atoms with Crippen LogP contribution in [0.15, 0.2) is 42.5 Å². The Kier molecular flexibility index (Phi) is 6.12. The maximum absolute atomic E-state index is 13.6. The summed E-state index contributed by atoms with van der Waals surface area (Å²) < 4.78 is 13.6. The summed E-state index contributed by atoms with van der Waals surface area (Å²) in [5.41, 5.74) is 3.55. The number of carbonyl (C=O) groups is 2. The van der Waals surface area contributed by atoms with E-state index in [-0.39, 0.29) is 29.5 Å². The molecule has 2 amide bonds. The predicted octanol–water partition coefficient (Wildman–Crippen LogP) is 4.19. The molecule has 2 aromatic rings. The molecule has 148 valence electrons. The first-order chi connectivity index (χ1) is 13.4. The topological polar surface area (TPSA) is 58.2 Å². The van der Waals surface area contributed by atoms with Crippen LogP contribution in [0.2, 0.25) is 0 Å². The number of hydrogen-bond donors (Lipinski definition) is 2. The van der Waals surface area contributed by atoms with E-state index in [2.05, 4.69) is 24.5 Å². The number of para-hydroxylation sites is 1. The Bertz CT molecular complexity index is 879. The highest BCUT2D eigenvalue weighted by atomic mass is 19.1. The van der Waals surface area contributed by atoms with Crippen molar-refractivity contribution in [3.63, 3.8) is 0 Å². The molecule has 1 aliphatic carbocycles. The molecule has 0 aliphatic heterocycles. The van der Waals surface area contributed by atoms with Gasteiger partial charge in [0.25, 0.3) is 0 Å². The molecular weight excluding hydrogens is 355 g/mol. The summed E-state index contributed by atoms with van der Waals surface area (Å²) >= 11 is 0. The van der Waals surface area contributed by atoms with Crippen molar-refractivity contribution in [3.8, 4) is 0 Å². The molecule has 3 rings (SSSR count). The summed E-state index contributed by atoms with van der Waals surface area (Å²) in [6.45, 7) is 6.52. The summed E-state index contributed by atoms with van der Waals surface area (Å²) in [7, 11) is 0. The van der Waals surface area contributed by atoms with Crippen molar-refractivity contribution in [2.24, 2.45) is 11.8 Å². The second kappa shape index (κ2) is 8.55. The zero-order valence-electron chi connectivity index (χ0n) is 16.6. The van der Waals surface area contributed by atoms with Gasteiger partial charge in [-0.05, 0) is 48.4 Å². The molecule has 2 atom stereocenters. The molecule has 2 unspecified atom stereocenters. The van der Waals surface area contributed by atoms with Gasteiger partial charge in [0.15, 0.2) is 0 Å². The molecule has 0 saturated heterocycles. The number of anilines is 1. The maximum Gasteiger partial charge on any atom is 0.228 e. The highest BCUT2D eigenvalue weighted by molar-refractivity contribution is 6.00. The molecule has 4 nitrogen and oxygen atoms in total. The number of benzene rings is 2. The van der Waals surface area contributed by atoms with E-state index in [9.17, 15) is 14.0 Å². The van der Waals surface area contributed by atoms with Gasteiger partial charge in [-0.3, -0.25) is 9.59 Å². The van der Waals surface area contributed by atoms with Crippen LogP contribution in [0.5, 0.6) is 0 Å². The lowest BCUT2D eigenvalue weighted by molar-refractivity contribution is -0.125. The Hall–Kier alpha value is -2.69. The summed E-state index contributed by atoms with van der Waals surface area (Å²) in [6, 6.07) is 12.5. The Balaban J connectivity index is 1.52. The zero-order valence-corrected chi connectivity index (χ0v) is 16.6. The first-order valence-corrected chi connectivity index (χ1v) is 9.80. The third kappa shape index (κ3) is 4.58. The number of rotatable bonds is 7. The van der Waals surface area contributed by atoms with Crippen molar-refractivity contribution in [2.45, 2.75) is 39.5 Å². The van der Waals surface area contributed by atoms with Crippen molar-refractivity contribution >= 4 is 17.5 Å². The molecule has 0 bridgehead atoms. The van der Waals surface area contributed by atoms with Crippen molar-refractivity contribution in [1.82, 2.24) is 5.32 Å². The fourth-order valence-electron chi connectivity index (χ4n) is 3.49. The molecule has 1 fully saturated rings. The molecule has 0 aromatic heterocycles. The van der Waals surface area contributed by atoms with E-state index in [1.165, 1.54) is 6.07 Å². The fourth-order valence-corrected chi connectivity index (χ4v) is 3.49. The highest BCUT2D eigenvalue weighted by Crippen LogP contribution is 2.40. The predicted molar refractivity (Wildman–Crippen MR) is 109 cm³/mol. The minimum absolute atomic E-state index is 0.106. The Morgan fingerprint density at radius 3 is 2.50 bits per heavy atom. The largest absolute Gasteiger partial charge is 0.356 e. The van der Waals surface area contributed by atoms with Gasteiger partial charge in [0.2, 0.25) is 11.8 Å². The van der Waals surface area contributed by atoms with E-state index in [0.717, 1.165) is 16.8 Å². The van der Waals surface area contributed by atoms with Gasteiger partial charge in [-0.2, -0.15) is 0 Å². The molecule has 0 radical (unpaired) electrons. The molecule has 1 aliphatic rings. The third-order valence-electron chi connectivity index (χ3n) is 5.29.